The first kappa shape index (κ1) is 16.5. The molecule has 0 bridgehead atoms. The van der Waals surface area contributed by atoms with Crippen LogP contribution < -0.4 is 5.32 Å². The van der Waals surface area contributed by atoms with E-state index in [1.165, 1.54) is 5.56 Å². The molecule has 1 saturated heterocycles. The third-order valence-electron chi connectivity index (χ3n) is 4.49. The van der Waals surface area contributed by atoms with Crippen LogP contribution in [-0.2, 0) is 18.2 Å². The number of ether oxygens (including phenoxy) is 1. The zero-order valence-electron chi connectivity index (χ0n) is 14.4. The fourth-order valence-electron chi connectivity index (χ4n) is 3.21. The Bertz CT molecular complexity index is 698. The van der Waals surface area contributed by atoms with Crippen molar-refractivity contribution < 1.29 is 9.53 Å². The summed E-state index contributed by atoms with van der Waals surface area (Å²) >= 11 is 0. The molecule has 2 unspecified atom stereocenters. The molecule has 0 aliphatic carbocycles. The first-order chi connectivity index (χ1) is 11.6. The van der Waals surface area contributed by atoms with Crippen LogP contribution in [0.15, 0.2) is 36.4 Å². The molecule has 2 aromatic rings. The molecule has 2 amide bonds. The van der Waals surface area contributed by atoms with Gasteiger partial charge in [-0.2, -0.15) is 5.10 Å². The molecule has 1 N–H and O–H groups in total. The second kappa shape index (κ2) is 7.05. The number of carbonyl (C=O) groups is 1. The van der Waals surface area contributed by atoms with Crippen LogP contribution in [0.2, 0.25) is 0 Å². The van der Waals surface area contributed by atoms with E-state index in [1.54, 1.807) is 11.8 Å². The van der Waals surface area contributed by atoms with E-state index in [-0.39, 0.29) is 12.1 Å². The second-order valence-corrected chi connectivity index (χ2v) is 6.30. The molecule has 1 aromatic carbocycles. The topological polar surface area (TPSA) is 59.4 Å². The van der Waals surface area contributed by atoms with Crippen molar-refractivity contribution in [3.8, 4) is 0 Å². The molecule has 0 saturated carbocycles. The highest BCUT2D eigenvalue weighted by molar-refractivity contribution is 5.89. The number of hydrogen-bond acceptors (Lipinski definition) is 3. The SMILES string of the molecule is COCCc1cc(NC(=O)N2CC(C)C2c2ccccc2)n(C)n1. The number of nitrogens with zero attached hydrogens (tertiary/aromatic N) is 3. The number of likely N-dealkylation sites (tertiary alicyclic amines) is 1. The number of hydrogen-bond donors (Lipinski definition) is 1. The van der Waals surface area contributed by atoms with Gasteiger partial charge in [0.1, 0.15) is 5.82 Å². The molecule has 6 heteroatoms. The van der Waals surface area contributed by atoms with Gasteiger partial charge >= 0.3 is 6.03 Å². The van der Waals surface area contributed by atoms with Gasteiger partial charge in [-0.05, 0) is 11.5 Å². The van der Waals surface area contributed by atoms with Crippen molar-refractivity contribution in [3.63, 3.8) is 0 Å². The maximum absolute atomic E-state index is 12.6. The monoisotopic (exact) mass is 328 g/mol. The third kappa shape index (κ3) is 3.28. The van der Waals surface area contributed by atoms with E-state index in [9.17, 15) is 4.79 Å². The fraction of sp³-hybridized carbons (Fsp3) is 0.444. The summed E-state index contributed by atoms with van der Waals surface area (Å²) in [5, 5.41) is 7.38. The van der Waals surface area contributed by atoms with Crippen molar-refractivity contribution in [1.82, 2.24) is 14.7 Å². The minimum absolute atomic E-state index is 0.0803. The number of methoxy groups -OCH3 is 1. The lowest BCUT2D eigenvalue weighted by atomic mass is 9.85. The van der Waals surface area contributed by atoms with Gasteiger partial charge in [0.2, 0.25) is 0 Å². The molecule has 1 fully saturated rings. The summed E-state index contributed by atoms with van der Waals surface area (Å²) in [6.07, 6.45) is 0.730. The summed E-state index contributed by atoms with van der Waals surface area (Å²) in [6, 6.07) is 12.1. The molecule has 2 heterocycles. The molecule has 24 heavy (non-hydrogen) atoms. The molecular formula is C18H24N4O2. The Morgan fingerprint density at radius 3 is 2.79 bits per heavy atom. The van der Waals surface area contributed by atoms with Gasteiger partial charge in [0.25, 0.3) is 0 Å². The van der Waals surface area contributed by atoms with E-state index < -0.39 is 0 Å². The normalized spacial score (nSPS) is 19.9. The van der Waals surface area contributed by atoms with Gasteiger partial charge in [0.05, 0.1) is 18.3 Å². The summed E-state index contributed by atoms with van der Waals surface area (Å²) in [7, 11) is 3.50. The van der Waals surface area contributed by atoms with Crippen LogP contribution >= 0.6 is 0 Å². The number of anilines is 1. The van der Waals surface area contributed by atoms with Gasteiger partial charge in [-0.1, -0.05) is 37.3 Å². The molecule has 1 aromatic heterocycles. The average Bonchev–Trinajstić information content (AvgIpc) is 2.91. The molecular weight excluding hydrogens is 304 g/mol. The molecule has 1 aliphatic rings. The van der Waals surface area contributed by atoms with Crippen LogP contribution in [-0.4, -0.2) is 41.0 Å². The summed E-state index contributed by atoms with van der Waals surface area (Å²) in [6.45, 7) is 3.55. The van der Waals surface area contributed by atoms with E-state index in [4.69, 9.17) is 4.74 Å². The molecule has 1 aliphatic heterocycles. The quantitative estimate of drug-likeness (QED) is 0.918. The molecule has 0 radical (unpaired) electrons. The van der Waals surface area contributed by atoms with Crippen molar-refractivity contribution in [2.24, 2.45) is 13.0 Å². The van der Waals surface area contributed by atoms with Crippen LogP contribution in [0.5, 0.6) is 0 Å². The highest BCUT2D eigenvalue weighted by Crippen LogP contribution is 2.38. The Balaban J connectivity index is 1.68. The predicted octanol–water partition coefficient (Wildman–Crippen LogP) is 2.83. The molecule has 6 nitrogen and oxygen atoms in total. The maximum atomic E-state index is 12.6. The van der Waals surface area contributed by atoms with Crippen molar-refractivity contribution >= 4 is 11.8 Å². The van der Waals surface area contributed by atoms with Gasteiger partial charge in [-0.3, -0.25) is 10.00 Å². The van der Waals surface area contributed by atoms with Crippen LogP contribution in [0, 0.1) is 5.92 Å². The molecule has 128 valence electrons. The number of amides is 2. The average molecular weight is 328 g/mol. The van der Waals surface area contributed by atoms with E-state index in [0.717, 1.165) is 18.7 Å². The molecule has 3 rings (SSSR count). The number of carbonyl (C=O) groups excluding carboxylic acids is 1. The summed E-state index contributed by atoms with van der Waals surface area (Å²) in [5.41, 5.74) is 2.09. The molecule has 0 spiro atoms. The number of rotatable bonds is 5. The van der Waals surface area contributed by atoms with Gasteiger partial charge in [0.15, 0.2) is 0 Å². The summed E-state index contributed by atoms with van der Waals surface area (Å²) < 4.78 is 6.77. The smallest absolute Gasteiger partial charge is 0.323 e. The van der Waals surface area contributed by atoms with E-state index >= 15 is 0 Å². The van der Waals surface area contributed by atoms with Crippen LogP contribution in [0.1, 0.15) is 24.2 Å². The Kier molecular flexibility index (Phi) is 4.85. The standard InChI is InChI=1S/C18H24N4O2/c1-13-12-22(17(13)14-7-5-4-6-8-14)18(23)19-16-11-15(9-10-24-3)20-21(16)2/h4-8,11,13,17H,9-10,12H2,1-3H3,(H,19,23). The van der Waals surface area contributed by atoms with Crippen molar-refractivity contribution in [1.29, 1.82) is 0 Å². The summed E-state index contributed by atoms with van der Waals surface area (Å²) in [5.74, 6) is 1.17. The van der Waals surface area contributed by atoms with Crippen LogP contribution in [0.25, 0.3) is 0 Å². The van der Waals surface area contributed by atoms with Gasteiger partial charge in [-0.15, -0.1) is 0 Å². The van der Waals surface area contributed by atoms with E-state index in [2.05, 4.69) is 29.5 Å². The Hall–Kier alpha value is -2.34. The predicted molar refractivity (Wildman–Crippen MR) is 92.9 cm³/mol. The molecule has 2 atom stereocenters. The van der Waals surface area contributed by atoms with E-state index in [1.807, 2.05) is 36.2 Å². The van der Waals surface area contributed by atoms with Crippen molar-refractivity contribution in [2.75, 3.05) is 25.6 Å². The van der Waals surface area contributed by atoms with Gasteiger partial charge in [0, 0.05) is 33.2 Å². The van der Waals surface area contributed by atoms with Crippen molar-refractivity contribution in [2.45, 2.75) is 19.4 Å². The van der Waals surface area contributed by atoms with Crippen LogP contribution in [0.3, 0.4) is 0 Å². The second-order valence-electron chi connectivity index (χ2n) is 6.30. The number of urea groups is 1. The lowest BCUT2D eigenvalue weighted by molar-refractivity contribution is 0.0670. The van der Waals surface area contributed by atoms with E-state index in [0.29, 0.717) is 18.3 Å². The maximum Gasteiger partial charge on any atom is 0.323 e. The first-order valence-corrected chi connectivity index (χ1v) is 8.24. The lowest BCUT2D eigenvalue weighted by Crippen LogP contribution is -2.53. The number of nitrogens with one attached hydrogen (secondary N) is 1. The Morgan fingerprint density at radius 1 is 1.38 bits per heavy atom. The fourth-order valence-corrected chi connectivity index (χ4v) is 3.21. The number of aromatic nitrogens is 2. The number of benzene rings is 1. The van der Waals surface area contributed by atoms with Crippen LogP contribution in [0.4, 0.5) is 10.6 Å². The van der Waals surface area contributed by atoms with Crippen molar-refractivity contribution in [3.05, 3.63) is 47.7 Å². The largest absolute Gasteiger partial charge is 0.384 e. The Morgan fingerprint density at radius 2 is 2.12 bits per heavy atom. The van der Waals surface area contributed by atoms with Gasteiger partial charge < -0.3 is 9.64 Å². The Labute approximate surface area is 142 Å². The first-order valence-electron chi connectivity index (χ1n) is 8.24. The number of aryl methyl sites for hydroxylation is 1. The minimum Gasteiger partial charge on any atom is -0.384 e. The highest BCUT2D eigenvalue weighted by Gasteiger charge is 2.40. The minimum atomic E-state index is -0.0803. The lowest BCUT2D eigenvalue weighted by Gasteiger charge is -2.46. The zero-order chi connectivity index (χ0) is 17.1. The third-order valence-corrected chi connectivity index (χ3v) is 4.49. The summed E-state index contributed by atoms with van der Waals surface area (Å²) in [4.78, 5) is 14.5. The van der Waals surface area contributed by atoms with Gasteiger partial charge in [-0.25, -0.2) is 4.79 Å². The highest BCUT2D eigenvalue weighted by atomic mass is 16.5. The zero-order valence-corrected chi connectivity index (χ0v) is 14.4.